The summed E-state index contributed by atoms with van der Waals surface area (Å²) < 4.78 is 15.9. The fourth-order valence-corrected chi connectivity index (χ4v) is 5.02. The highest BCUT2D eigenvalue weighted by Gasteiger charge is 2.20. The minimum Gasteiger partial charge on any atom is -0.481 e. The van der Waals surface area contributed by atoms with E-state index in [-0.39, 0.29) is 82.3 Å². The van der Waals surface area contributed by atoms with E-state index >= 15 is 0 Å². The molecule has 0 bridgehead atoms. The molecule has 15 heteroatoms. The lowest BCUT2D eigenvalue weighted by Crippen LogP contribution is -2.41. The quantitative estimate of drug-likeness (QED) is 0.0509. The molecule has 0 unspecified atom stereocenters. The summed E-state index contributed by atoms with van der Waals surface area (Å²) in [7, 11) is 0. The third-order valence-electron chi connectivity index (χ3n) is 7.97. The summed E-state index contributed by atoms with van der Waals surface area (Å²) in [4.78, 5) is 69.3. The Bertz CT molecular complexity index is 952. The van der Waals surface area contributed by atoms with E-state index in [4.69, 9.17) is 19.3 Å². The minimum absolute atomic E-state index is 0.0141. The molecule has 51 heavy (non-hydrogen) atoms. The first-order valence-electron chi connectivity index (χ1n) is 18.9. The van der Waals surface area contributed by atoms with Crippen molar-refractivity contribution in [2.75, 3.05) is 59.3 Å². The van der Waals surface area contributed by atoms with Crippen LogP contribution in [0.2, 0.25) is 0 Å². The average molecular weight is 731 g/mol. The van der Waals surface area contributed by atoms with Gasteiger partial charge in [0.05, 0.1) is 33.0 Å². The number of carboxylic acids is 2. The van der Waals surface area contributed by atoms with Gasteiger partial charge in [-0.15, -0.1) is 0 Å². The van der Waals surface area contributed by atoms with E-state index in [2.05, 4.69) is 21.3 Å². The van der Waals surface area contributed by atoms with E-state index < -0.39 is 18.0 Å². The number of carbonyl (C=O) groups is 6. The van der Waals surface area contributed by atoms with Crippen molar-refractivity contribution < 1.29 is 53.2 Å². The Morgan fingerprint density at radius 2 is 0.922 bits per heavy atom. The molecule has 15 nitrogen and oxygen atoms in total. The van der Waals surface area contributed by atoms with Crippen molar-refractivity contribution in [1.82, 2.24) is 21.3 Å². The Kier molecular flexibility index (Phi) is 32.8. The van der Waals surface area contributed by atoms with Gasteiger partial charge in [-0.2, -0.15) is 0 Å². The molecule has 0 aromatic carbocycles. The highest BCUT2D eigenvalue weighted by atomic mass is 16.5. The number of aliphatic carboxylic acids is 2. The third-order valence-corrected chi connectivity index (χ3v) is 7.97. The van der Waals surface area contributed by atoms with E-state index in [0.717, 1.165) is 38.5 Å². The molecular weight excluding hydrogens is 664 g/mol. The molecule has 0 aliphatic carbocycles. The van der Waals surface area contributed by atoms with Crippen molar-refractivity contribution in [1.29, 1.82) is 0 Å². The third kappa shape index (κ3) is 34.9. The Balaban J connectivity index is 3.67. The second kappa shape index (κ2) is 35.1. The Morgan fingerprint density at radius 3 is 1.41 bits per heavy atom. The maximum atomic E-state index is 12.3. The number of hydrogen-bond donors (Lipinski definition) is 6. The summed E-state index contributed by atoms with van der Waals surface area (Å²) in [6.07, 6.45) is 16.0. The van der Waals surface area contributed by atoms with Crippen LogP contribution in [0.1, 0.15) is 129 Å². The first-order chi connectivity index (χ1) is 24.6. The number of carbonyl (C=O) groups excluding carboxylic acids is 4. The fraction of sp³-hybridized carbons (Fsp3) is 0.833. The first kappa shape index (κ1) is 47.7. The molecule has 0 saturated heterocycles. The number of hydrogen-bond acceptors (Lipinski definition) is 9. The summed E-state index contributed by atoms with van der Waals surface area (Å²) in [5.41, 5.74) is 0. The normalized spacial score (nSPS) is 11.5. The Morgan fingerprint density at radius 1 is 0.490 bits per heavy atom. The van der Waals surface area contributed by atoms with E-state index in [9.17, 15) is 33.9 Å². The van der Waals surface area contributed by atoms with Crippen LogP contribution in [0.25, 0.3) is 0 Å². The summed E-state index contributed by atoms with van der Waals surface area (Å²) in [6.45, 7) is 3.94. The SMILES string of the molecule is CCC(=O)NCCOCCNC(=O)COCCOCCNC(=O)CC[C@@H](NC(=O)CCCCCCCCCCCCCCCCC(=O)O)C(=O)O. The van der Waals surface area contributed by atoms with Crippen LogP contribution in [-0.4, -0.2) is 111 Å². The van der Waals surface area contributed by atoms with Crippen LogP contribution in [0.4, 0.5) is 0 Å². The van der Waals surface area contributed by atoms with Gasteiger partial charge in [-0.3, -0.25) is 24.0 Å². The second-order valence-electron chi connectivity index (χ2n) is 12.5. The second-order valence-corrected chi connectivity index (χ2v) is 12.5. The first-order valence-corrected chi connectivity index (χ1v) is 18.9. The van der Waals surface area contributed by atoms with E-state index in [1.54, 1.807) is 6.92 Å². The zero-order chi connectivity index (χ0) is 37.8. The average Bonchev–Trinajstić information content (AvgIpc) is 3.10. The number of carboxylic acid groups (broad SMARTS) is 2. The molecule has 0 fully saturated rings. The van der Waals surface area contributed by atoms with Crippen molar-refractivity contribution in [3.63, 3.8) is 0 Å². The number of amides is 4. The van der Waals surface area contributed by atoms with E-state index in [1.807, 2.05) is 0 Å². The van der Waals surface area contributed by atoms with Gasteiger partial charge in [0, 0.05) is 45.3 Å². The van der Waals surface area contributed by atoms with Gasteiger partial charge in [0.15, 0.2) is 0 Å². The van der Waals surface area contributed by atoms with Gasteiger partial charge in [0.1, 0.15) is 12.6 Å². The molecule has 296 valence electrons. The topological polar surface area (TPSA) is 219 Å². The monoisotopic (exact) mass is 730 g/mol. The molecule has 0 heterocycles. The number of ether oxygens (including phenoxy) is 3. The summed E-state index contributed by atoms with van der Waals surface area (Å²) in [6, 6.07) is -1.13. The molecule has 0 aromatic heterocycles. The van der Waals surface area contributed by atoms with Crippen molar-refractivity contribution in [2.24, 2.45) is 0 Å². The molecule has 0 aliphatic rings. The number of unbranched alkanes of at least 4 members (excludes halogenated alkanes) is 13. The predicted octanol–water partition coefficient (Wildman–Crippen LogP) is 3.47. The molecule has 0 spiro atoms. The van der Waals surface area contributed by atoms with Crippen LogP contribution < -0.4 is 21.3 Å². The van der Waals surface area contributed by atoms with Crippen LogP contribution >= 0.6 is 0 Å². The van der Waals surface area contributed by atoms with Crippen molar-refractivity contribution >= 4 is 35.6 Å². The lowest BCUT2D eigenvalue weighted by atomic mass is 10.0. The van der Waals surface area contributed by atoms with Gasteiger partial charge in [-0.1, -0.05) is 84.0 Å². The van der Waals surface area contributed by atoms with Gasteiger partial charge in [0.25, 0.3) is 0 Å². The van der Waals surface area contributed by atoms with Gasteiger partial charge in [-0.25, -0.2) is 4.79 Å². The largest absolute Gasteiger partial charge is 0.481 e. The Hall–Kier alpha value is -3.30. The van der Waals surface area contributed by atoms with E-state index in [1.165, 1.54) is 44.9 Å². The van der Waals surface area contributed by atoms with Crippen LogP contribution in [-0.2, 0) is 43.0 Å². The Labute approximate surface area is 304 Å². The molecule has 1 atom stereocenters. The van der Waals surface area contributed by atoms with Gasteiger partial charge in [0.2, 0.25) is 23.6 Å². The highest BCUT2D eigenvalue weighted by molar-refractivity contribution is 5.84. The van der Waals surface area contributed by atoms with Gasteiger partial charge >= 0.3 is 11.9 Å². The molecule has 0 radical (unpaired) electrons. The maximum absolute atomic E-state index is 12.3. The van der Waals surface area contributed by atoms with Crippen LogP contribution in [0, 0.1) is 0 Å². The molecule has 6 N–H and O–H groups in total. The summed E-state index contributed by atoms with van der Waals surface area (Å²) >= 11 is 0. The highest BCUT2D eigenvalue weighted by Crippen LogP contribution is 2.14. The lowest BCUT2D eigenvalue weighted by Gasteiger charge is -2.14. The van der Waals surface area contributed by atoms with E-state index in [0.29, 0.717) is 39.1 Å². The van der Waals surface area contributed by atoms with Gasteiger partial charge in [-0.05, 0) is 19.3 Å². The van der Waals surface area contributed by atoms with Crippen LogP contribution in [0.5, 0.6) is 0 Å². The molecule has 0 saturated carbocycles. The summed E-state index contributed by atoms with van der Waals surface area (Å²) in [5.74, 6) is -2.88. The lowest BCUT2D eigenvalue weighted by molar-refractivity contribution is -0.142. The smallest absolute Gasteiger partial charge is 0.326 e. The van der Waals surface area contributed by atoms with Crippen LogP contribution in [0.15, 0.2) is 0 Å². The number of nitrogens with one attached hydrogen (secondary N) is 4. The van der Waals surface area contributed by atoms with Crippen molar-refractivity contribution in [2.45, 2.75) is 135 Å². The summed E-state index contributed by atoms with van der Waals surface area (Å²) in [5, 5.41) is 28.6. The predicted molar refractivity (Wildman–Crippen MR) is 192 cm³/mol. The zero-order valence-electron chi connectivity index (χ0n) is 30.9. The molecule has 0 rings (SSSR count). The minimum atomic E-state index is -1.17. The maximum Gasteiger partial charge on any atom is 0.326 e. The zero-order valence-corrected chi connectivity index (χ0v) is 30.9. The number of rotatable bonds is 37. The van der Waals surface area contributed by atoms with Crippen molar-refractivity contribution in [3.05, 3.63) is 0 Å². The molecule has 4 amide bonds. The van der Waals surface area contributed by atoms with Crippen LogP contribution in [0.3, 0.4) is 0 Å². The standard InChI is InChI=1S/C36H66N4O11/c1-2-31(41)37-21-24-49-25-23-39-34(44)29-51-28-27-50-26-22-38-32(42)20-19-30(36(47)48)40-33(43)17-15-13-11-9-7-5-3-4-6-8-10-12-14-16-18-35(45)46/h30H,2-29H2,1H3,(H,37,41)(H,38,42)(H,39,44)(H,40,43)(H,45,46)(H,47,48)/t30-/m1/s1. The van der Waals surface area contributed by atoms with Crippen molar-refractivity contribution in [3.8, 4) is 0 Å². The molecular formula is C36H66N4O11. The molecule has 0 aromatic rings. The fourth-order valence-electron chi connectivity index (χ4n) is 5.02. The van der Waals surface area contributed by atoms with Gasteiger partial charge < -0.3 is 45.7 Å². The molecule has 0 aliphatic heterocycles.